The van der Waals surface area contributed by atoms with E-state index in [1.165, 1.54) is 0 Å². The predicted molar refractivity (Wildman–Crippen MR) is 127 cm³/mol. The van der Waals surface area contributed by atoms with Gasteiger partial charge in [0.1, 0.15) is 11.6 Å². The Morgan fingerprint density at radius 1 is 1.06 bits per heavy atom. The summed E-state index contributed by atoms with van der Waals surface area (Å²) in [6.45, 7) is 8.69. The van der Waals surface area contributed by atoms with E-state index in [1.54, 1.807) is 18.0 Å². The molecule has 0 saturated carbocycles. The molecule has 5 nitrogen and oxygen atoms in total. The molecule has 1 fully saturated rings. The molecule has 1 amide bonds. The molecule has 0 atom stereocenters. The molecule has 0 aliphatic carbocycles. The zero-order valence-electron chi connectivity index (χ0n) is 18.5. The van der Waals surface area contributed by atoms with Crippen molar-refractivity contribution in [3.05, 3.63) is 66.4 Å². The lowest BCUT2D eigenvalue weighted by Crippen LogP contribution is -2.61. The summed E-state index contributed by atoms with van der Waals surface area (Å²) in [5, 5.41) is 19.4. The van der Waals surface area contributed by atoms with Crippen LogP contribution < -0.4 is 16.0 Å². The fourth-order valence-corrected chi connectivity index (χ4v) is 5.18. The largest absolute Gasteiger partial charge is 0.387 e. The first-order valence-electron chi connectivity index (χ1n) is 10.5. The Morgan fingerprint density at radius 2 is 1.68 bits per heavy atom. The molecule has 0 spiro atoms. The van der Waals surface area contributed by atoms with E-state index in [9.17, 15) is 10.1 Å². The SMILES string of the molecule is CC1(C)CC(N/C=C(/C#N)C(=O)Nc2ccccc2Sc2ccccc2)CC(C)(C)N1. The summed E-state index contributed by atoms with van der Waals surface area (Å²) >= 11 is 1.57. The summed E-state index contributed by atoms with van der Waals surface area (Å²) in [5.41, 5.74) is 0.714. The van der Waals surface area contributed by atoms with Gasteiger partial charge in [0.2, 0.25) is 0 Å². The van der Waals surface area contributed by atoms with Gasteiger partial charge in [0.05, 0.1) is 5.69 Å². The van der Waals surface area contributed by atoms with Crippen LogP contribution in [0.4, 0.5) is 5.69 Å². The summed E-state index contributed by atoms with van der Waals surface area (Å²) in [6.07, 6.45) is 3.37. The van der Waals surface area contributed by atoms with Crippen LogP contribution >= 0.6 is 11.8 Å². The van der Waals surface area contributed by atoms with Crippen molar-refractivity contribution >= 4 is 23.4 Å². The van der Waals surface area contributed by atoms with Crippen LogP contribution in [0, 0.1) is 11.3 Å². The van der Waals surface area contributed by atoms with Gasteiger partial charge in [-0.3, -0.25) is 4.79 Å². The van der Waals surface area contributed by atoms with Crippen molar-refractivity contribution in [2.45, 2.75) is 67.4 Å². The first-order valence-corrected chi connectivity index (χ1v) is 11.3. The van der Waals surface area contributed by atoms with Gasteiger partial charge in [-0.25, -0.2) is 0 Å². The third kappa shape index (κ3) is 6.61. The minimum atomic E-state index is -0.413. The van der Waals surface area contributed by atoms with Crippen molar-refractivity contribution < 1.29 is 4.79 Å². The van der Waals surface area contributed by atoms with E-state index >= 15 is 0 Å². The Morgan fingerprint density at radius 3 is 2.32 bits per heavy atom. The molecule has 1 heterocycles. The van der Waals surface area contributed by atoms with Crippen LogP contribution in [-0.2, 0) is 4.79 Å². The number of benzene rings is 2. The Bertz CT molecular complexity index is 976. The second-order valence-electron chi connectivity index (χ2n) is 9.20. The molecule has 1 aliphatic heterocycles. The van der Waals surface area contributed by atoms with Gasteiger partial charge in [0, 0.05) is 33.1 Å². The summed E-state index contributed by atoms with van der Waals surface area (Å²) in [5.74, 6) is -0.413. The standard InChI is InChI=1S/C25H30N4OS/c1-24(2)14-19(15-25(3,4)29-24)27-17-18(16-26)23(30)28-21-12-8-9-13-22(21)31-20-10-6-5-7-11-20/h5-13,17,19,27,29H,14-15H2,1-4H3,(H,28,30)/b18-17-. The zero-order valence-corrected chi connectivity index (χ0v) is 19.3. The molecule has 162 valence electrons. The Kier molecular flexibility index (Phi) is 7.09. The van der Waals surface area contributed by atoms with Crippen LogP contribution in [0.3, 0.4) is 0 Å². The number of hydrogen-bond acceptors (Lipinski definition) is 5. The number of piperidine rings is 1. The second-order valence-corrected chi connectivity index (χ2v) is 10.3. The third-order valence-corrected chi connectivity index (χ3v) is 6.21. The quantitative estimate of drug-likeness (QED) is 0.436. The number of rotatable bonds is 6. The first kappa shape index (κ1) is 22.9. The topological polar surface area (TPSA) is 77.0 Å². The van der Waals surface area contributed by atoms with Crippen molar-refractivity contribution in [2.24, 2.45) is 0 Å². The molecular formula is C25H30N4OS. The van der Waals surface area contributed by atoms with Gasteiger partial charge >= 0.3 is 0 Å². The van der Waals surface area contributed by atoms with Crippen molar-refractivity contribution in [1.82, 2.24) is 10.6 Å². The smallest absolute Gasteiger partial charge is 0.267 e. The number of hydrogen-bond donors (Lipinski definition) is 3. The Labute approximate surface area is 189 Å². The van der Waals surface area contributed by atoms with E-state index in [2.05, 4.69) is 43.6 Å². The van der Waals surface area contributed by atoms with E-state index in [0.29, 0.717) is 5.69 Å². The van der Waals surface area contributed by atoms with Gasteiger partial charge in [0.25, 0.3) is 5.91 Å². The van der Waals surface area contributed by atoms with E-state index in [4.69, 9.17) is 0 Å². The number of nitrogens with one attached hydrogen (secondary N) is 3. The van der Waals surface area contributed by atoms with Crippen molar-refractivity contribution in [3.63, 3.8) is 0 Å². The number of amides is 1. The highest BCUT2D eigenvalue weighted by atomic mass is 32.2. The molecule has 3 N–H and O–H groups in total. The molecule has 2 aromatic rings. The molecule has 0 unspecified atom stereocenters. The lowest BCUT2D eigenvalue weighted by Gasteiger charge is -2.46. The van der Waals surface area contributed by atoms with Crippen molar-refractivity contribution in [1.29, 1.82) is 5.26 Å². The average molecular weight is 435 g/mol. The molecule has 0 bridgehead atoms. The minimum Gasteiger partial charge on any atom is -0.387 e. The highest BCUT2D eigenvalue weighted by Crippen LogP contribution is 2.33. The highest BCUT2D eigenvalue weighted by Gasteiger charge is 2.37. The van der Waals surface area contributed by atoms with Gasteiger partial charge in [-0.1, -0.05) is 42.1 Å². The molecule has 1 aliphatic rings. The van der Waals surface area contributed by atoms with E-state index in [1.807, 2.05) is 60.7 Å². The van der Waals surface area contributed by atoms with Crippen molar-refractivity contribution in [3.8, 4) is 6.07 Å². The average Bonchev–Trinajstić information content (AvgIpc) is 2.68. The minimum absolute atomic E-state index is 0.0179. The summed E-state index contributed by atoms with van der Waals surface area (Å²) in [6, 6.07) is 19.8. The highest BCUT2D eigenvalue weighted by molar-refractivity contribution is 7.99. The predicted octanol–water partition coefficient (Wildman–Crippen LogP) is 5.08. The van der Waals surface area contributed by atoms with Crippen LogP contribution in [0.25, 0.3) is 0 Å². The maximum absolute atomic E-state index is 12.8. The molecule has 31 heavy (non-hydrogen) atoms. The maximum atomic E-state index is 12.8. The van der Waals surface area contributed by atoms with E-state index in [-0.39, 0.29) is 22.7 Å². The fourth-order valence-electron chi connectivity index (χ4n) is 4.25. The summed E-state index contributed by atoms with van der Waals surface area (Å²) in [7, 11) is 0. The lowest BCUT2D eigenvalue weighted by molar-refractivity contribution is -0.112. The number of carbonyl (C=O) groups excluding carboxylic acids is 1. The number of para-hydroxylation sites is 1. The van der Waals surface area contributed by atoms with Gasteiger partial charge in [-0.15, -0.1) is 0 Å². The lowest BCUT2D eigenvalue weighted by atomic mass is 9.80. The summed E-state index contributed by atoms with van der Waals surface area (Å²) in [4.78, 5) is 14.8. The molecule has 0 radical (unpaired) electrons. The fraction of sp³-hybridized carbons (Fsp3) is 0.360. The van der Waals surface area contributed by atoms with Crippen LogP contribution in [0.5, 0.6) is 0 Å². The van der Waals surface area contributed by atoms with Gasteiger partial charge in [-0.2, -0.15) is 5.26 Å². The van der Waals surface area contributed by atoms with Crippen LogP contribution in [-0.4, -0.2) is 23.0 Å². The number of nitrogens with zero attached hydrogens (tertiary/aromatic N) is 1. The zero-order chi connectivity index (χ0) is 22.5. The number of anilines is 1. The van der Waals surface area contributed by atoms with E-state index in [0.717, 1.165) is 22.6 Å². The van der Waals surface area contributed by atoms with Crippen molar-refractivity contribution in [2.75, 3.05) is 5.32 Å². The van der Waals surface area contributed by atoms with Crippen LogP contribution in [0.15, 0.2) is 76.2 Å². The summed E-state index contributed by atoms with van der Waals surface area (Å²) < 4.78 is 0. The van der Waals surface area contributed by atoms with Gasteiger partial charge < -0.3 is 16.0 Å². The third-order valence-electron chi connectivity index (χ3n) is 5.12. The number of carbonyl (C=O) groups is 1. The van der Waals surface area contributed by atoms with E-state index < -0.39 is 5.91 Å². The van der Waals surface area contributed by atoms with Crippen LogP contribution in [0.2, 0.25) is 0 Å². The molecule has 1 saturated heterocycles. The molecule has 0 aromatic heterocycles. The van der Waals surface area contributed by atoms with Crippen LogP contribution in [0.1, 0.15) is 40.5 Å². The monoisotopic (exact) mass is 434 g/mol. The first-order chi connectivity index (χ1) is 14.7. The molecule has 2 aromatic carbocycles. The molecular weight excluding hydrogens is 404 g/mol. The Hall–Kier alpha value is -2.75. The Balaban J connectivity index is 1.70. The van der Waals surface area contributed by atoms with Gasteiger partial charge in [-0.05, 0) is 64.8 Å². The molecule has 3 rings (SSSR count). The van der Waals surface area contributed by atoms with Gasteiger partial charge in [0.15, 0.2) is 0 Å². The maximum Gasteiger partial charge on any atom is 0.267 e. The normalized spacial score (nSPS) is 18.1. The molecule has 6 heteroatoms. The second kappa shape index (κ2) is 9.59. The number of nitriles is 1.